The highest BCUT2D eigenvalue weighted by molar-refractivity contribution is 7.87. The van der Waals surface area contributed by atoms with E-state index >= 15 is 0 Å². The summed E-state index contributed by atoms with van der Waals surface area (Å²) in [7, 11) is -3.44. The van der Waals surface area contributed by atoms with Crippen LogP contribution in [-0.4, -0.2) is 63.1 Å². The number of benzene rings is 1. The van der Waals surface area contributed by atoms with Crippen molar-refractivity contribution in [2.45, 2.75) is 39.3 Å². The van der Waals surface area contributed by atoms with E-state index in [1.165, 1.54) is 9.87 Å². The Kier molecular flexibility index (Phi) is 8.32. The van der Waals surface area contributed by atoms with Crippen molar-refractivity contribution < 1.29 is 13.2 Å². The van der Waals surface area contributed by atoms with E-state index in [0.29, 0.717) is 26.2 Å². The van der Waals surface area contributed by atoms with E-state index in [1.54, 1.807) is 0 Å². The van der Waals surface area contributed by atoms with Crippen LogP contribution in [0.3, 0.4) is 0 Å². The first-order valence-electron chi connectivity index (χ1n) is 9.17. The van der Waals surface area contributed by atoms with E-state index in [-0.39, 0.29) is 6.10 Å². The molecule has 1 aromatic carbocycles. The molecule has 1 aromatic rings. The Labute approximate surface area is 152 Å². The minimum atomic E-state index is -3.44. The number of morpholine rings is 1. The molecule has 1 heterocycles. The lowest BCUT2D eigenvalue weighted by Gasteiger charge is -2.33. The zero-order valence-electron chi connectivity index (χ0n) is 15.4. The summed E-state index contributed by atoms with van der Waals surface area (Å²) < 4.78 is 35.0. The first kappa shape index (κ1) is 20.3. The molecule has 2 rings (SSSR count). The highest BCUT2D eigenvalue weighted by Gasteiger charge is 2.25. The molecule has 142 valence electrons. The van der Waals surface area contributed by atoms with Gasteiger partial charge in [0.05, 0.1) is 12.7 Å². The second kappa shape index (κ2) is 10.2. The standard InChI is InChI=1S/C18H31N3O3S/c1-3-10-21(11-4-2)25(22,23)19-14-18-16-20(12-13-24-18)15-17-8-6-5-7-9-17/h5-9,18-19H,3-4,10-16H2,1-2H3. The Bertz CT molecular complexity index is 589. The van der Waals surface area contributed by atoms with Gasteiger partial charge in [-0.15, -0.1) is 0 Å². The number of rotatable bonds is 10. The summed E-state index contributed by atoms with van der Waals surface area (Å²) in [6.45, 7) is 8.50. The average molecular weight is 370 g/mol. The third-order valence-corrected chi connectivity index (χ3v) is 5.83. The highest BCUT2D eigenvalue weighted by atomic mass is 32.2. The maximum Gasteiger partial charge on any atom is 0.279 e. The van der Waals surface area contributed by atoms with Gasteiger partial charge in [0.15, 0.2) is 0 Å². The molecule has 0 aliphatic carbocycles. The van der Waals surface area contributed by atoms with Gasteiger partial charge in [0.2, 0.25) is 0 Å². The van der Waals surface area contributed by atoms with Crippen LogP contribution in [0.15, 0.2) is 30.3 Å². The normalized spacial score (nSPS) is 19.4. The summed E-state index contributed by atoms with van der Waals surface area (Å²) >= 11 is 0. The van der Waals surface area contributed by atoms with E-state index in [1.807, 2.05) is 32.0 Å². The van der Waals surface area contributed by atoms with E-state index in [4.69, 9.17) is 4.74 Å². The van der Waals surface area contributed by atoms with Crippen LogP contribution < -0.4 is 4.72 Å². The predicted octanol–water partition coefficient (Wildman–Crippen LogP) is 1.84. The molecule has 0 bridgehead atoms. The molecule has 1 fully saturated rings. The van der Waals surface area contributed by atoms with Crippen LogP contribution in [0.1, 0.15) is 32.3 Å². The zero-order valence-corrected chi connectivity index (χ0v) is 16.2. The smallest absolute Gasteiger partial charge is 0.279 e. The molecule has 1 N–H and O–H groups in total. The van der Waals surface area contributed by atoms with E-state index in [0.717, 1.165) is 32.5 Å². The Morgan fingerprint density at radius 1 is 1.20 bits per heavy atom. The maximum absolute atomic E-state index is 12.5. The van der Waals surface area contributed by atoms with Crippen LogP contribution in [0.25, 0.3) is 0 Å². The number of hydrogen-bond acceptors (Lipinski definition) is 4. The summed E-state index contributed by atoms with van der Waals surface area (Å²) in [4.78, 5) is 2.31. The molecule has 1 saturated heterocycles. The van der Waals surface area contributed by atoms with Crippen LogP contribution >= 0.6 is 0 Å². The largest absolute Gasteiger partial charge is 0.374 e. The molecule has 25 heavy (non-hydrogen) atoms. The molecule has 7 heteroatoms. The van der Waals surface area contributed by atoms with Crippen LogP contribution in [0, 0.1) is 0 Å². The van der Waals surface area contributed by atoms with Crippen molar-refractivity contribution in [3.63, 3.8) is 0 Å². The fourth-order valence-electron chi connectivity index (χ4n) is 3.03. The Morgan fingerprint density at radius 2 is 1.88 bits per heavy atom. The van der Waals surface area contributed by atoms with Gasteiger partial charge in [-0.3, -0.25) is 4.90 Å². The van der Waals surface area contributed by atoms with Crippen molar-refractivity contribution in [1.82, 2.24) is 13.9 Å². The molecular weight excluding hydrogens is 338 g/mol. The fourth-order valence-corrected chi connectivity index (χ4v) is 4.45. The summed E-state index contributed by atoms with van der Waals surface area (Å²) in [5.74, 6) is 0. The molecule has 1 atom stereocenters. The minimum Gasteiger partial charge on any atom is -0.374 e. The van der Waals surface area contributed by atoms with Gasteiger partial charge < -0.3 is 4.74 Å². The molecule has 0 amide bonds. The maximum atomic E-state index is 12.5. The van der Waals surface area contributed by atoms with Gasteiger partial charge in [0.25, 0.3) is 10.2 Å². The van der Waals surface area contributed by atoms with Crippen LogP contribution in [0.5, 0.6) is 0 Å². The summed E-state index contributed by atoms with van der Waals surface area (Å²) in [6, 6.07) is 10.3. The van der Waals surface area contributed by atoms with Crippen LogP contribution in [-0.2, 0) is 21.5 Å². The number of nitrogens with zero attached hydrogens (tertiary/aromatic N) is 2. The van der Waals surface area contributed by atoms with Crippen LogP contribution in [0.4, 0.5) is 0 Å². The lowest BCUT2D eigenvalue weighted by Crippen LogP contribution is -2.49. The molecule has 6 nitrogen and oxygen atoms in total. The third kappa shape index (κ3) is 6.67. The predicted molar refractivity (Wildman–Crippen MR) is 101 cm³/mol. The van der Waals surface area contributed by atoms with Gasteiger partial charge in [-0.2, -0.15) is 17.4 Å². The zero-order chi connectivity index (χ0) is 18.1. The van der Waals surface area contributed by atoms with Crippen molar-refractivity contribution in [3.05, 3.63) is 35.9 Å². The van der Waals surface area contributed by atoms with Crippen molar-refractivity contribution in [1.29, 1.82) is 0 Å². The molecule has 0 aromatic heterocycles. The van der Waals surface area contributed by atoms with E-state index in [9.17, 15) is 8.42 Å². The quantitative estimate of drug-likeness (QED) is 0.684. The van der Waals surface area contributed by atoms with Gasteiger partial charge in [0, 0.05) is 39.3 Å². The molecule has 1 aliphatic heterocycles. The number of hydrogen-bond donors (Lipinski definition) is 1. The average Bonchev–Trinajstić information content (AvgIpc) is 2.61. The molecule has 1 unspecified atom stereocenters. The Morgan fingerprint density at radius 3 is 2.52 bits per heavy atom. The number of nitrogens with one attached hydrogen (secondary N) is 1. The van der Waals surface area contributed by atoms with E-state index < -0.39 is 10.2 Å². The first-order valence-corrected chi connectivity index (χ1v) is 10.6. The minimum absolute atomic E-state index is 0.114. The molecule has 0 radical (unpaired) electrons. The van der Waals surface area contributed by atoms with Gasteiger partial charge in [0.1, 0.15) is 0 Å². The van der Waals surface area contributed by atoms with Crippen molar-refractivity contribution >= 4 is 10.2 Å². The lowest BCUT2D eigenvalue weighted by molar-refractivity contribution is -0.0278. The van der Waals surface area contributed by atoms with Gasteiger partial charge >= 0.3 is 0 Å². The van der Waals surface area contributed by atoms with Gasteiger partial charge in [-0.05, 0) is 18.4 Å². The second-order valence-corrected chi connectivity index (χ2v) is 8.22. The van der Waals surface area contributed by atoms with Crippen molar-refractivity contribution in [2.75, 3.05) is 39.3 Å². The lowest BCUT2D eigenvalue weighted by atomic mass is 10.2. The fraction of sp³-hybridized carbons (Fsp3) is 0.667. The summed E-state index contributed by atoms with van der Waals surface area (Å²) in [5.41, 5.74) is 1.26. The van der Waals surface area contributed by atoms with Gasteiger partial charge in [-0.1, -0.05) is 44.2 Å². The Balaban J connectivity index is 1.85. The Hall–Kier alpha value is -0.990. The molecule has 0 spiro atoms. The summed E-state index contributed by atoms with van der Waals surface area (Å²) in [6.07, 6.45) is 1.51. The van der Waals surface area contributed by atoms with Crippen molar-refractivity contribution in [2.24, 2.45) is 0 Å². The SMILES string of the molecule is CCCN(CCC)S(=O)(=O)NCC1CN(Cc2ccccc2)CCO1. The monoisotopic (exact) mass is 369 g/mol. The third-order valence-electron chi connectivity index (χ3n) is 4.25. The molecular formula is C18H31N3O3S. The number of ether oxygens (including phenoxy) is 1. The molecule has 0 saturated carbocycles. The van der Waals surface area contributed by atoms with Crippen molar-refractivity contribution in [3.8, 4) is 0 Å². The first-order chi connectivity index (χ1) is 12.0. The summed E-state index contributed by atoms with van der Waals surface area (Å²) in [5, 5.41) is 0. The van der Waals surface area contributed by atoms with E-state index in [2.05, 4.69) is 21.8 Å². The highest BCUT2D eigenvalue weighted by Crippen LogP contribution is 2.11. The molecule has 1 aliphatic rings. The van der Waals surface area contributed by atoms with Gasteiger partial charge in [-0.25, -0.2) is 0 Å². The topological polar surface area (TPSA) is 61.9 Å². The second-order valence-electron chi connectivity index (χ2n) is 6.47. The van der Waals surface area contributed by atoms with Crippen LogP contribution in [0.2, 0.25) is 0 Å².